The van der Waals surface area contributed by atoms with E-state index in [0.29, 0.717) is 0 Å². The lowest BCUT2D eigenvalue weighted by molar-refractivity contribution is 0.415. The molecule has 1 N–H and O–H groups in total. The Hall–Kier alpha value is -2.97. The number of ether oxygens (including phenoxy) is 1. The van der Waals surface area contributed by atoms with E-state index >= 15 is 0 Å². The van der Waals surface area contributed by atoms with E-state index in [4.69, 9.17) is 16.3 Å². The monoisotopic (exact) mass is 373 g/mol. The third kappa shape index (κ3) is 3.49. The van der Waals surface area contributed by atoms with E-state index in [-0.39, 0.29) is 0 Å². The van der Waals surface area contributed by atoms with E-state index in [2.05, 4.69) is 54.4 Å². The highest BCUT2D eigenvalue weighted by Crippen LogP contribution is 2.35. The molecule has 0 unspecified atom stereocenters. The summed E-state index contributed by atoms with van der Waals surface area (Å²) in [6.45, 7) is 2.12. The van der Waals surface area contributed by atoms with E-state index in [0.717, 1.165) is 38.7 Å². The van der Waals surface area contributed by atoms with Crippen LogP contribution in [-0.4, -0.2) is 12.1 Å². The summed E-state index contributed by atoms with van der Waals surface area (Å²) in [4.78, 5) is 3.51. The van der Waals surface area contributed by atoms with Gasteiger partial charge >= 0.3 is 0 Å². The van der Waals surface area contributed by atoms with Gasteiger partial charge in [0.25, 0.3) is 0 Å². The Morgan fingerprint density at radius 2 is 1.63 bits per heavy atom. The summed E-state index contributed by atoms with van der Waals surface area (Å²) < 4.78 is 5.32. The number of halogens is 1. The van der Waals surface area contributed by atoms with Crippen molar-refractivity contribution >= 4 is 34.2 Å². The van der Waals surface area contributed by atoms with Crippen LogP contribution in [0.4, 0.5) is 0 Å². The predicted molar refractivity (Wildman–Crippen MR) is 114 cm³/mol. The second-order valence-corrected chi connectivity index (χ2v) is 6.95. The zero-order valence-electron chi connectivity index (χ0n) is 15.3. The van der Waals surface area contributed by atoms with E-state index < -0.39 is 0 Å². The third-order valence-electron chi connectivity index (χ3n) is 4.74. The number of fused-ring (bicyclic) bond motifs is 1. The summed E-state index contributed by atoms with van der Waals surface area (Å²) in [7, 11) is 1.68. The minimum atomic E-state index is 0.737. The van der Waals surface area contributed by atoms with E-state index in [1.807, 2.05) is 36.4 Å². The van der Waals surface area contributed by atoms with Gasteiger partial charge in [0.2, 0.25) is 0 Å². The first-order chi connectivity index (χ1) is 13.2. The van der Waals surface area contributed by atoms with Gasteiger partial charge in [0.05, 0.1) is 7.11 Å². The summed E-state index contributed by atoms with van der Waals surface area (Å²) in [6.07, 6.45) is 2.21. The average molecular weight is 374 g/mol. The lowest BCUT2D eigenvalue weighted by Gasteiger charge is -2.11. The normalized spacial score (nSPS) is 11.7. The number of aromatic amines is 1. The zero-order chi connectivity index (χ0) is 18.8. The molecule has 134 valence electrons. The van der Waals surface area contributed by atoms with Crippen molar-refractivity contribution in [3.05, 3.63) is 100 Å². The van der Waals surface area contributed by atoms with Gasteiger partial charge in [-0.15, -0.1) is 0 Å². The van der Waals surface area contributed by atoms with Crippen molar-refractivity contribution in [3.8, 4) is 5.75 Å². The van der Waals surface area contributed by atoms with Crippen molar-refractivity contribution in [2.75, 3.05) is 7.11 Å². The first-order valence-corrected chi connectivity index (χ1v) is 9.23. The van der Waals surface area contributed by atoms with Crippen molar-refractivity contribution in [3.63, 3.8) is 0 Å². The van der Waals surface area contributed by atoms with Gasteiger partial charge in [0.1, 0.15) is 5.75 Å². The van der Waals surface area contributed by atoms with Crippen LogP contribution in [0.25, 0.3) is 22.6 Å². The van der Waals surface area contributed by atoms with Gasteiger partial charge in [-0.05, 0) is 60.0 Å². The molecular formula is C24H20ClNO. The highest BCUT2D eigenvalue weighted by molar-refractivity contribution is 6.30. The van der Waals surface area contributed by atoms with Crippen molar-refractivity contribution in [2.45, 2.75) is 6.92 Å². The fourth-order valence-electron chi connectivity index (χ4n) is 3.42. The Bertz CT molecular complexity index is 1110. The molecule has 0 bridgehead atoms. The van der Waals surface area contributed by atoms with Gasteiger partial charge < -0.3 is 9.72 Å². The molecule has 4 rings (SSSR count). The second kappa shape index (κ2) is 7.34. The van der Waals surface area contributed by atoms with Crippen LogP contribution in [-0.2, 0) is 0 Å². The van der Waals surface area contributed by atoms with Gasteiger partial charge in [-0.3, -0.25) is 0 Å². The van der Waals surface area contributed by atoms with Gasteiger partial charge in [-0.1, -0.05) is 54.1 Å². The van der Waals surface area contributed by atoms with E-state index in [1.54, 1.807) is 7.11 Å². The molecule has 0 aliphatic carbocycles. The highest BCUT2D eigenvalue weighted by atomic mass is 35.5. The maximum Gasteiger partial charge on any atom is 0.118 e. The van der Waals surface area contributed by atoms with Gasteiger partial charge in [0, 0.05) is 27.2 Å². The lowest BCUT2D eigenvalue weighted by atomic mass is 9.93. The predicted octanol–water partition coefficient (Wildman–Crippen LogP) is 6.73. The molecular weight excluding hydrogens is 354 g/mol. The number of benzene rings is 3. The number of hydrogen-bond acceptors (Lipinski definition) is 1. The summed E-state index contributed by atoms with van der Waals surface area (Å²) in [6, 6.07) is 24.5. The number of methoxy groups -OCH3 is 1. The molecule has 0 spiro atoms. The van der Waals surface area contributed by atoms with Crippen LogP contribution in [0.1, 0.15) is 22.4 Å². The fourth-order valence-corrected chi connectivity index (χ4v) is 3.55. The summed E-state index contributed by atoms with van der Waals surface area (Å²) in [5.74, 6) is 0.847. The maximum absolute atomic E-state index is 6.06. The number of para-hydroxylation sites is 1. The Morgan fingerprint density at radius 3 is 2.33 bits per heavy atom. The molecule has 0 saturated carbocycles. The number of nitrogens with one attached hydrogen (secondary N) is 1. The van der Waals surface area contributed by atoms with E-state index in [9.17, 15) is 0 Å². The Morgan fingerprint density at radius 1 is 0.926 bits per heavy atom. The number of aryl methyl sites for hydroxylation is 1. The SMILES string of the molecule is COc1ccc(/C(=C\c2ccc(Cl)cc2)c2c(C)[nH]c3ccccc23)cc1. The van der Waals surface area contributed by atoms with Crippen LogP contribution in [0.5, 0.6) is 5.75 Å². The molecule has 27 heavy (non-hydrogen) atoms. The molecule has 1 aromatic heterocycles. The van der Waals surface area contributed by atoms with E-state index in [1.165, 1.54) is 10.9 Å². The molecule has 0 aliphatic rings. The topological polar surface area (TPSA) is 25.0 Å². The molecule has 0 saturated heterocycles. The summed E-state index contributed by atoms with van der Waals surface area (Å²) in [5.41, 5.74) is 6.90. The van der Waals surface area contributed by atoms with Crippen LogP contribution in [0.2, 0.25) is 5.02 Å². The third-order valence-corrected chi connectivity index (χ3v) is 5.00. The zero-order valence-corrected chi connectivity index (χ0v) is 16.0. The molecule has 0 amide bonds. The Labute approximate surface area is 164 Å². The highest BCUT2D eigenvalue weighted by Gasteiger charge is 2.14. The number of rotatable bonds is 4. The largest absolute Gasteiger partial charge is 0.497 e. The summed E-state index contributed by atoms with van der Waals surface area (Å²) >= 11 is 6.06. The molecule has 0 fully saturated rings. The molecule has 0 radical (unpaired) electrons. The standard InChI is InChI=1S/C24H20ClNO/c1-16-24(21-5-3-4-6-23(21)26-16)22(15-17-7-11-19(25)12-8-17)18-9-13-20(27-2)14-10-18/h3-15,26H,1-2H3/b22-15+. The van der Waals surface area contributed by atoms with Crippen LogP contribution in [0, 0.1) is 6.92 Å². The van der Waals surface area contributed by atoms with Crippen molar-refractivity contribution in [1.29, 1.82) is 0 Å². The van der Waals surface area contributed by atoms with Crippen LogP contribution in [0.15, 0.2) is 72.8 Å². The van der Waals surface area contributed by atoms with Crippen molar-refractivity contribution in [2.24, 2.45) is 0 Å². The first kappa shape index (κ1) is 17.4. The molecule has 0 aliphatic heterocycles. The van der Waals surface area contributed by atoms with Crippen molar-refractivity contribution < 1.29 is 4.74 Å². The molecule has 0 atom stereocenters. The van der Waals surface area contributed by atoms with Gasteiger partial charge in [0.15, 0.2) is 0 Å². The molecule has 4 aromatic rings. The summed E-state index contributed by atoms with van der Waals surface area (Å²) in [5, 5.41) is 1.95. The molecule has 3 aromatic carbocycles. The second-order valence-electron chi connectivity index (χ2n) is 6.51. The van der Waals surface area contributed by atoms with Crippen molar-refractivity contribution in [1.82, 2.24) is 4.98 Å². The van der Waals surface area contributed by atoms with Gasteiger partial charge in [-0.2, -0.15) is 0 Å². The first-order valence-electron chi connectivity index (χ1n) is 8.85. The maximum atomic E-state index is 6.06. The average Bonchev–Trinajstić information content (AvgIpc) is 3.03. The quantitative estimate of drug-likeness (QED) is 0.394. The molecule has 2 nitrogen and oxygen atoms in total. The smallest absolute Gasteiger partial charge is 0.118 e. The number of H-pyrrole nitrogens is 1. The van der Waals surface area contributed by atoms with Crippen LogP contribution >= 0.6 is 11.6 Å². The number of aromatic nitrogens is 1. The van der Waals surface area contributed by atoms with Crippen LogP contribution < -0.4 is 4.74 Å². The Kier molecular flexibility index (Phi) is 4.74. The number of hydrogen-bond donors (Lipinski definition) is 1. The molecule has 3 heteroatoms. The van der Waals surface area contributed by atoms with Gasteiger partial charge in [-0.25, -0.2) is 0 Å². The molecule has 1 heterocycles. The minimum absolute atomic E-state index is 0.737. The Balaban J connectivity index is 1.94. The lowest BCUT2D eigenvalue weighted by Crippen LogP contribution is -1.91. The minimum Gasteiger partial charge on any atom is -0.497 e. The fraction of sp³-hybridized carbons (Fsp3) is 0.0833. The van der Waals surface area contributed by atoms with Crippen LogP contribution in [0.3, 0.4) is 0 Å².